The summed E-state index contributed by atoms with van der Waals surface area (Å²) in [5, 5.41) is 8.26. The number of halogens is 1. The summed E-state index contributed by atoms with van der Waals surface area (Å²) in [6.07, 6.45) is 0. The summed E-state index contributed by atoms with van der Waals surface area (Å²) in [7, 11) is -4.05. The van der Waals surface area contributed by atoms with Crippen molar-refractivity contribution in [2.45, 2.75) is 32.6 Å². The van der Waals surface area contributed by atoms with E-state index < -0.39 is 15.9 Å². The molecule has 28 heavy (non-hydrogen) atoms. The molecule has 0 atom stereocenters. The molecular weight excluding hydrogens is 400 g/mol. The van der Waals surface area contributed by atoms with Crippen molar-refractivity contribution in [2.75, 3.05) is 0 Å². The first kappa shape index (κ1) is 20.0. The lowest BCUT2D eigenvalue weighted by Crippen LogP contribution is -2.32. The zero-order chi connectivity index (χ0) is 20.6. The van der Waals surface area contributed by atoms with Crippen LogP contribution in [-0.4, -0.2) is 29.3 Å². The molecule has 0 radical (unpaired) electrons. The maximum Gasteiger partial charge on any atom is 0.287 e. The van der Waals surface area contributed by atoms with Crippen molar-refractivity contribution < 1.29 is 13.2 Å². The predicted octanol–water partition coefficient (Wildman–Crippen LogP) is 3.27. The molecule has 0 saturated heterocycles. The minimum Gasteiger partial charge on any atom is -0.266 e. The van der Waals surface area contributed by atoms with Crippen molar-refractivity contribution in [1.29, 1.82) is 0 Å². The first-order chi connectivity index (χ1) is 13.1. The normalized spacial score (nSPS) is 11.5. The topological polar surface area (TPSA) is 93.9 Å². The molecule has 0 saturated carbocycles. The van der Waals surface area contributed by atoms with Crippen molar-refractivity contribution in [1.82, 2.24) is 19.7 Å². The molecule has 3 rings (SSSR count). The number of hydrogen-bond donors (Lipinski definition) is 1. The van der Waals surface area contributed by atoms with Gasteiger partial charge in [0, 0.05) is 0 Å². The lowest BCUT2D eigenvalue weighted by molar-refractivity contribution is 0.0976. The van der Waals surface area contributed by atoms with Gasteiger partial charge in [0.1, 0.15) is 0 Å². The number of sulfonamides is 1. The molecule has 1 aromatic heterocycles. The quantitative estimate of drug-likeness (QED) is 0.701. The average molecular weight is 419 g/mol. The highest BCUT2D eigenvalue weighted by atomic mass is 35.5. The number of rotatable bonds is 4. The van der Waals surface area contributed by atoms with Crippen LogP contribution in [0.15, 0.2) is 41.3 Å². The second kappa shape index (κ2) is 7.37. The van der Waals surface area contributed by atoms with E-state index in [9.17, 15) is 13.2 Å². The molecule has 0 fully saturated rings. The molecule has 0 aliphatic carbocycles. The summed E-state index contributed by atoms with van der Waals surface area (Å²) < 4.78 is 28.8. The lowest BCUT2D eigenvalue weighted by Gasteiger charge is -2.10. The summed E-state index contributed by atoms with van der Waals surface area (Å²) in [6, 6.07) is 10.4. The minimum atomic E-state index is -4.05. The lowest BCUT2D eigenvalue weighted by atomic mass is 10.2. The molecule has 7 nitrogen and oxygen atoms in total. The molecule has 1 N–H and O–H groups in total. The Kier molecular flexibility index (Phi) is 5.27. The zero-order valence-electron chi connectivity index (χ0n) is 15.8. The van der Waals surface area contributed by atoms with Crippen molar-refractivity contribution >= 4 is 27.5 Å². The van der Waals surface area contributed by atoms with E-state index in [1.165, 1.54) is 10.7 Å². The van der Waals surface area contributed by atoms with Crippen LogP contribution in [0.3, 0.4) is 0 Å². The molecule has 3 aromatic rings. The number of aromatic nitrogens is 3. The maximum atomic E-state index is 12.7. The molecule has 9 heteroatoms. The number of nitrogens with zero attached hydrogens (tertiary/aromatic N) is 3. The number of benzene rings is 2. The maximum absolute atomic E-state index is 12.7. The molecule has 0 unspecified atom stereocenters. The van der Waals surface area contributed by atoms with E-state index in [0.717, 1.165) is 11.1 Å². The minimum absolute atomic E-state index is 0.0486. The number of hydrogen-bond acceptors (Lipinski definition) is 5. The Morgan fingerprint density at radius 3 is 2.36 bits per heavy atom. The average Bonchev–Trinajstić information content (AvgIpc) is 2.98. The van der Waals surface area contributed by atoms with E-state index >= 15 is 0 Å². The molecule has 0 aliphatic rings. The highest BCUT2D eigenvalue weighted by Crippen LogP contribution is 2.23. The summed E-state index contributed by atoms with van der Waals surface area (Å²) in [6.45, 7) is 6.97. The SMILES string of the molecule is Cc1ccc(-n2nnc(C(=O)NS(=O)(=O)c3cc(C)ccc3C)c2C)c(Cl)c1. The van der Waals surface area contributed by atoms with Crippen LogP contribution in [0, 0.1) is 27.7 Å². The van der Waals surface area contributed by atoms with E-state index in [0.29, 0.717) is 22.0 Å². The Balaban J connectivity index is 1.94. The first-order valence-corrected chi connectivity index (χ1v) is 10.3. The van der Waals surface area contributed by atoms with E-state index in [2.05, 4.69) is 15.0 Å². The van der Waals surface area contributed by atoms with Crippen LogP contribution < -0.4 is 4.72 Å². The van der Waals surface area contributed by atoms with Gasteiger partial charge in [0.05, 0.1) is 21.3 Å². The largest absolute Gasteiger partial charge is 0.287 e. The Morgan fingerprint density at radius 2 is 1.68 bits per heavy atom. The summed E-state index contributed by atoms with van der Waals surface area (Å²) in [5.74, 6) is -0.854. The van der Waals surface area contributed by atoms with Crippen LogP contribution >= 0.6 is 11.6 Å². The highest BCUT2D eigenvalue weighted by Gasteiger charge is 2.25. The van der Waals surface area contributed by atoms with Crippen LogP contribution in [0.4, 0.5) is 0 Å². The van der Waals surface area contributed by atoms with Gasteiger partial charge in [-0.15, -0.1) is 5.10 Å². The van der Waals surface area contributed by atoms with Gasteiger partial charge >= 0.3 is 0 Å². The van der Waals surface area contributed by atoms with Crippen LogP contribution in [0.1, 0.15) is 32.9 Å². The van der Waals surface area contributed by atoms with Gasteiger partial charge in [-0.1, -0.05) is 35.0 Å². The number of aryl methyl sites for hydroxylation is 3. The van der Waals surface area contributed by atoms with Crippen molar-refractivity contribution in [3.63, 3.8) is 0 Å². The molecular formula is C19H19ClN4O3S. The van der Waals surface area contributed by atoms with Crippen molar-refractivity contribution in [3.8, 4) is 5.69 Å². The third kappa shape index (κ3) is 3.79. The number of amides is 1. The van der Waals surface area contributed by atoms with Gasteiger partial charge < -0.3 is 0 Å². The van der Waals surface area contributed by atoms with E-state index in [1.807, 2.05) is 13.0 Å². The number of nitrogens with one attached hydrogen (secondary N) is 1. The van der Waals surface area contributed by atoms with Crippen molar-refractivity contribution in [3.05, 3.63) is 69.5 Å². The molecule has 2 aromatic carbocycles. The third-order valence-electron chi connectivity index (χ3n) is 4.30. The Morgan fingerprint density at radius 1 is 1.04 bits per heavy atom. The fraction of sp³-hybridized carbons (Fsp3) is 0.211. The van der Waals surface area contributed by atoms with E-state index in [-0.39, 0.29) is 10.6 Å². The van der Waals surface area contributed by atoms with Gasteiger partial charge in [0.2, 0.25) is 0 Å². The van der Waals surface area contributed by atoms with Gasteiger partial charge in [-0.25, -0.2) is 17.8 Å². The predicted molar refractivity (Wildman–Crippen MR) is 106 cm³/mol. The summed E-state index contributed by atoms with van der Waals surface area (Å²) in [4.78, 5) is 12.6. The Labute approximate surface area is 168 Å². The van der Waals surface area contributed by atoms with Crippen LogP contribution in [0.2, 0.25) is 5.02 Å². The van der Waals surface area contributed by atoms with Crippen LogP contribution in [0.25, 0.3) is 5.69 Å². The van der Waals surface area contributed by atoms with Crippen LogP contribution in [0.5, 0.6) is 0 Å². The van der Waals surface area contributed by atoms with Gasteiger partial charge in [-0.3, -0.25) is 4.79 Å². The smallest absolute Gasteiger partial charge is 0.266 e. The van der Waals surface area contributed by atoms with E-state index in [4.69, 9.17) is 11.6 Å². The zero-order valence-corrected chi connectivity index (χ0v) is 17.4. The standard InChI is InChI=1S/C19H19ClN4O3S/c1-11-6-8-16(15(20)9-11)24-14(4)18(21-23-24)19(25)22-28(26,27)17-10-12(2)5-7-13(17)3/h5-10H,1-4H3,(H,22,25). The van der Waals surface area contributed by atoms with Crippen LogP contribution in [-0.2, 0) is 10.0 Å². The second-order valence-electron chi connectivity index (χ2n) is 6.59. The molecule has 0 bridgehead atoms. The Bertz CT molecular complexity index is 1190. The van der Waals surface area contributed by atoms with Crippen molar-refractivity contribution in [2.24, 2.45) is 0 Å². The highest BCUT2D eigenvalue weighted by molar-refractivity contribution is 7.90. The molecule has 0 aliphatic heterocycles. The van der Waals surface area contributed by atoms with Gasteiger partial charge in [-0.05, 0) is 62.6 Å². The molecule has 1 heterocycles. The second-order valence-corrected chi connectivity index (χ2v) is 8.65. The third-order valence-corrected chi connectivity index (χ3v) is 6.08. The Hall–Kier alpha value is -2.71. The summed E-state index contributed by atoms with van der Waals surface area (Å²) in [5.41, 5.74) is 3.12. The van der Waals surface area contributed by atoms with Gasteiger partial charge in [-0.2, -0.15) is 0 Å². The number of carbonyl (C=O) groups is 1. The monoisotopic (exact) mass is 418 g/mol. The van der Waals surface area contributed by atoms with E-state index in [1.54, 1.807) is 45.0 Å². The molecule has 146 valence electrons. The molecule has 1 amide bonds. The summed E-state index contributed by atoms with van der Waals surface area (Å²) >= 11 is 6.26. The molecule has 0 spiro atoms. The number of carbonyl (C=O) groups excluding carboxylic acids is 1. The fourth-order valence-corrected chi connectivity index (χ4v) is 4.37. The van der Waals surface area contributed by atoms with Gasteiger partial charge in [0.25, 0.3) is 15.9 Å². The first-order valence-electron chi connectivity index (χ1n) is 8.43. The van der Waals surface area contributed by atoms with Gasteiger partial charge in [0.15, 0.2) is 5.69 Å². The fourth-order valence-electron chi connectivity index (χ4n) is 2.77.